The van der Waals surface area contributed by atoms with E-state index in [9.17, 15) is 9.59 Å². The van der Waals surface area contributed by atoms with Crippen LogP contribution in [0.3, 0.4) is 0 Å². The third-order valence-electron chi connectivity index (χ3n) is 4.77. The number of anilines is 1. The molecule has 1 aromatic heterocycles. The summed E-state index contributed by atoms with van der Waals surface area (Å²) in [4.78, 5) is 25.0. The number of unbranched alkanes of at least 4 members (excludes halogenated alkanes) is 2. The van der Waals surface area contributed by atoms with Gasteiger partial charge in [-0.1, -0.05) is 81.2 Å². The van der Waals surface area contributed by atoms with Gasteiger partial charge in [0.15, 0.2) is 0 Å². The van der Waals surface area contributed by atoms with Crippen LogP contribution < -0.4 is 10.6 Å². The predicted molar refractivity (Wildman–Crippen MR) is 114 cm³/mol. The minimum absolute atomic E-state index is 0.0274. The molecule has 0 saturated carbocycles. The van der Waals surface area contributed by atoms with E-state index in [0.29, 0.717) is 11.6 Å². The van der Waals surface area contributed by atoms with E-state index in [-0.39, 0.29) is 17.7 Å². The fourth-order valence-corrected chi connectivity index (χ4v) is 3.50. The maximum Gasteiger partial charge on any atom is 0.249 e. The Morgan fingerprint density at radius 2 is 1.82 bits per heavy atom. The van der Waals surface area contributed by atoms with Crippen LogP contribution in [0.4, 0.5) is 5.13 Å². The summed E-state index contributed by atoms with van der Waals surface area (Å²) in [5.41, 5.74) is 2.14. The Balaban J connectivity index is 2.02. The number of nitrogens with zero attached hydrogens (tertiary/aromatic N) is 2. The molecule has 2 N–H and O–H groups in total. The molecule has 1 aromatic carbocycles. The Kier molecular flexibility index (Phi) is 8.57. The van der Waals surface area contributed by atoms with Crippen molar-refractivity contribution in [3.8, 4) is 10.6 Å². The Morgan fingerprint density at radius 3 is 2.46 bits per heavy atom. The summed E-state index contributed by atoms with van der Waals surface area (Å²) in [6.45, 7) is 8.10. The zero-order valence-electron chi connectivity index (χ0n) is 17.1. The van der Waals surface area contributed by atoms with Crippen molar-refractivity contribution in [1.82, 2.24) is 15.5 Å². The number of benzene rings is 1. The van der Waals surface area contributed by atoms with Crippen LogP contribution in [0.1, 0.15) is 58.4 Å². The molecule has 0 spiro atoms. The first-order valence-electron chi connectivity index (χ1n) is 9.95. The summed E-state index contributed by atoms with van der Waals surface area (Å²) in [5, 5.41) is 15.2. The fraction of sp³-hybridized carbons (Fsp3) is 0.524. The molecule has 152 valence electrons. The van der Waals surface area contributed by atoms with E-state index in [0.717, 1.165) is 36.3 Å². The van der Waals surface area contributed by atoms with Crippen molar-refractivity contribution in [3.05, 3.63) is 29.8 Å². The van der Waals surface area contributed by atoms with Crippen molar-refractivity contribution in [1.29, 1.82) is 0 Å². The Labute approximate surface area is 171 Å². The number of rotatable bonds is 10. The molecule has 0 fully saturated rings. The highest BCUT2D eigenvalue weighted by atomic mass is 32.1. The maximum atomic E-state index is 12.8. The van der Waals surface area contributed by atoms with E-state index in [2.05, 4.69) is 27.8 Å². The van der Waals surface area contributed by atoms with Crippen LogP contribution in [-0.4, -0.2) is 28.1 Å². The minimum Gasteiger partial charge on any atom is -0.344 e. The highest BCUT2D eigenvalue weighted by Crippen LogP contribution is 2.26. The molecule has 0 aliphatic carbocycles. The smallest absolute Gasteiger partial charge is 0.249 e. The monoisotopic (exact) mass is 402 g/mol. The topological polar surface area (TPSA) is 84.0 Å². The van der Waals surface area contributed by atoms with Crippen molar-refractivity contribution in [3.63, 3.8) is 0 Å². The van der Waals surface area contributed by atoms with Gasteiger partial charge in [0, 0.05) is 12.0 Å². The zero-order valence-corrected chi connectivity index (χ0v) is 17.9. The summed E-state index contributed by atoms with van der Waals surface area (Å²) in [6, 6.07) is 7.43. The van der Waals surface area contributed by atoms with Crippen LogP contribution in [0.2, 0.25) is 0 Å². The van der Waals surface area contributed by atoms with Gasteiger partial charge < -0.3 is 5.32 Å². The van der Waals surface area contributed by atoms with Crippen molar-refractivity contribution >= 4 is 28.3 Å². The molecule has 2 atom stereocenters. The SMILES string of the molecule is CCCCCC(=O)N[C@@H](C(=O)Nc1nnc(-c2ccc(C)cc2)s1)[C@H](C)CC. The normalized spacial score (nSPS) is 13.0. The second kappa shape index (κ2) is 10.9. The highest BCUT2D eigenvalue weighted by molar-refractivity contribution is 7.18. The Bertz CT molecular complexity index is 773. The van der Waals surface area contributed by atoms with Crippen LogP contribution in [-0.2, 0) is 9.59 Å². The van der Waals surface area contributed by atoms with Crippen molar-refractivity contribution in [2.45, 2.75) is 65.8 Å². The van der Waals surface area contributed by atoms with E-state index in [4.69, 9.17) is 0 Å². The number of aromatic nitrogens is 2. The van der Waals surface area contributed by atoms with Gasteiger partial charge >= 0.3 is 0 Å². The third kappa shape index (κ3) is 6.41. The van der Waals surface area contributed by atoms with Crippen LogP contribution >= 0.6 is 11.3 Å². The average Bonchev–Trinajstić information content (AvgIpc) is 3.14. The molecule has 0 saturated heterocycles. The van der Waals surface area contributed by atoms with Crippen LogP contribution in [0.5, 0.6) is 0 Å². The molecule has 7 heteroatoms. The highest BCUT2D eigenvalue weighted by Gasteiger charge is 2.26. The molecule has 1 heterocycles. The predicted octanol–water partition coefficient (Wildman–Crippen LogP) is 4.56. The largest absolute Gasteiger partial charge is 0.344 e. The van der Waals surface area contributed by atoms with E-state index in [1.54, 1.807) is 0 Å². The number of hydrogen-bond acceptors (Lipinski definition) is 5. The quantitative estimate of drug-likeness (QED) is 0.571. The van der Waals surface area contributed by atoms with Gasteiger partial charge in [0.2, 0.25) is 16.9 Å². The van der Waals surface area contributed by atoms with Gasteiger partial charge in [0.25, 0.3) is 0 Å². The van der Waals surface area contributed by atoms with E-state index >= 15 is 0 Å². The number of carbonyl (C=O) groups excluding carboxylic acids is 2. The van der Waals surface area contributed by atoms with Crippen LogP contribution in [0, 0.1) is 12.8 Å². The number of aryl methyl sites for hydroxylation is 1. The van der Waals surface area contributed by atoms with Crippen molar-refractivity contribution in [2.24, 2.45) is 5.92 Å². The molecule has 0 bridgehead atoms. The number of amides is 2. The molecule has 0 aliphatic rings. The lowest BCUT2D eigenvalue weighted by Gasteiger charge is -2.23. The maximum absolute atomic E-state index is 12.8. The van der Waals surface area contributed by atoms with Gasteiger partial charge in [-0.2, -0.15) is 0 Å². The summed E-state index contributed by atoms with van der Waals surface area (Å²) < 4.78 is 0. The molecule has 2 rings (SSSR count). The summed E-state index contributed by atoms with van der Waals surface area (Å²) >= 11 is 1.33. The molecule has 0 unspecified atom stereocenters. The van der Waals surface area contributed by atoms with Gasteiger partial charge in [-0.25, -0.2) is 0 Å². The van der Waals surface area contributed by atoms with Gasteiger partial charge in [-0.05, 0) is 19.3 Å². The molecule has 28 heavy (non-hydrogen) atoms. The summed E-state index contributed by atoms with van der Waals surface area (Å²) in [5.74, 6) is -0.295. The van der Waals surface area contributed by atoms with Gasteiger partial charge in [0.1, 0.15) is 11.0 Å². The first-order chi connectivity index (χ1) is 13.4. The van der Waals surface area contributed by atoms with Gasteiger partial charge in [-0.3, -0.25) is 14.9 Å². The van der Waals surface area contributed by atoms with Crippen molar-refractivity contribution < 1.29 is 9.59 Å². The molecule has 2 aromatic rings. The first kappa shape index (κ1) is 22.0. The molecular weight excluding hydrogens is 372 g/mol. The standard InChI is InChI=1S/C21H30N4O2S/c1-5-7-8-9-17(26)22-18(15(4)6-2)19(27)23-21-25-24-20(28-21)16-12-10-14(3)11-13-16/h10-13,15,18H,5-9H2,1-4H3,(H,22,26)(H,23,25,27)/t15-,18-/m1/s1. The summed E-state index contributed by atoms with van der Waals surface area (Å²) in [6.07, 6.45) is 4.15. The summed E-state index contributed by atoms with van der Waals surface area (Å²) in [7, 11) is 0. The van der Waals surface area contributed by atoms with E-state index in [1.165, 1.54) is 16.9 Å². The lowest BCUT2D eigenvalue weighted by Crippen LogP contribution is -2.47. The van der Waals surface area contributed by atoms with E-state index < -0.39 is 6.04 Å². The number of nitrogens with one attached hydrogen (secondary N) is 2. The number of hydrogen-bond donors (Lipinski definition) is 2. The van der Waals surface area contributed by atoms with E-state index in [1.807, 2.05) is 45.0 Å². The zero-order chi connectivity index (χ0) is 20.5. The van der Waals surface area contributed by atoms with Gasteiger partial charge in [0.05, 0.1) is 0 Å². The second-order valence-corrected chi connectivity index (χ2v) is 8.13. The average molecular weight is 403 g/mol. The fourth-order valence-electron chi connectivity index (χ4n) is 2.75. The molecule has 6 nitrogen and oxygen atoms in total. The van der Waals surface area contributed by atoms with Crippen LogP contribution in [0.25, 0.3) is 10.6 Å². The minimum atomic E-state index is -0.578. The lowest BCUT2D eigenvalue weighted by molar-refractivity contribution is -0.127. The lowest BCUT2D eigenvalue weighted by atomic mass is 9.98. The molecule has 2 amide bonds. The third-order valence-corrected chi connectivity index (χ3v) is 5.66. The van der Waals surface area contributed by atoms with Gasteiger partial charge in [-0.15, -0.1) is 10.2 Å². The molecule has 0 radical (unpaired) electrons. The van der Waals surface area contributed by atoms with Crippen LogP contribution in [0.15, 0.2) is 24.3 Å². The second-order valence-electron chi connectivity index (χ2n) is 7.16. The molecular formula is C21H30N4O2S. The first-order valence-corrected chi connectivity index (χ1v) is 10.8. The molecule has 0 aliphatic heterocycles. The Morgan fingerprint density at radius 1 is 1.11 bits per heavy atom. The Hall–Kier alpha value is -2.28. The van der Waals surface area contributed by atoms with Crippen molar-refractivity contribution in [2.75, 3.05) is 5.32 Å². The number of carbonyl (C=O) groups is 2.